The van der Waals surface area contributed by atoms with Crippen LogP contribution in [0.4, 0.5) is 0 Å². The molecule has 0 N–H and O–H groups in total. The van der Waals surface area contributed by atoms with Crippen molar-refractivity contribution in [2.24, 2.45) is 0 Å². The fourth-order valence-electron chi connectivity index (χ4n) is 2.69. The highest BCUT2D eigenvalue weighted by Crippen LogP contribution is 2.34. The molecular formula is C21H21NO4S2. The zero-order valence-corrected chi connectivity index (χ0v) is 17.3. The van der Waals surface area contributed by atoms with Crippen LogP contribution in [-0.2, 0) is 4.79 Å². The summed E-state index contributed by atoms with van der Waals surface area (Å²) in [7, 11) is 1.61. The Balaban J connectivity index is 1.64. The van der Waals surface area contributed by atoms with Crippen LogP contribution in [0.3, 0.4) is 0 Å². The first kappa shape index (κ1) is 20.2. The molecule has 0 radical (unpaired) electrons. The minimum atomic E-state index is -0.0631. The number of likely N-dealkylation sites (N-methyl/N-ethyl adjacent to an activating group) is 1. The lowest BCUT2D eigenvalue weighted by Gasteiger charge is -2.12. The number of nitrogens with zero attached hydrogens (tertiary/aromatic N) is 1. The highest BCUT2D eigenvalue weighted by atomic mass is 32.2. The maximum atomic E-state index is 12.4. The molecule has 0 aliphatic carbocycles. The van der Waals surface area contributed by atoms with E-state index in [0.717, 1.165) is 5.56 Å². The van der Waals surface area contributed by atoms with E-state index in [1.807, 2.05) is 61.5 Å². The van der Waals surface area contributed by atoms with Crippen molar-refractivity contribution < 1.29 is 19.0 Å². The van der Waals surface area contributed by atoms with E-state index in [1.165, 1.54) is 11.8 Å². The summed E-state index contributed by atoms with van der Waals surface area (Å²) in [6, 6.07) is 15.1. The number of amides is 1. The molecule has 1 fully saturated rings. The van der Waals surface area contributed by atoms with E-state index in [1.54, 1.807) is 12.0 Å². The number of benzene rings is 2. The summed E-state index contributed by atoms with van der Waals surface area (Å²) < 4.78 is 17.5. The molecule has 2 aromatic carbocycles. The van der Waals surface area contributed by atoms with Crippen LogP contribution < -0.4 is 14.2 Å². The van der Waals surface area contributed by atoms with E-state index in [9.17, 15) is 4.79 Å². The van der Waals surface area contributed by atoms with E-state index < -0.39 is 0 Å². The Morgan fingerprint density at radius 2 is 1.61 bits per heavy atom. The van der Waals surface area contributed by atoms with Gasteiger partial charge < -0.3 is 14.2 Å². The van der Waals surface area contributed by atoms with Gasteiger partial charge in [0.1, 0.15) is 23.3 Å². The lowest BCUT2D eigenvalue weighted by molar-refractivity contribution is -0.121. The standard InChI is InChI=1S/C21H21NO4S2/c1-3-22-20(23)19(28-21(22)27)14-15-8-4-5-9-16(15)25-12-13-26-18-11-7-6-10-17(18)24-2/h4-11,14H,3,12-13H2,1-2H3. The molecule has 5 nitrogen and oxygen atoms in total. The van der Waals surface area contributed by atoms with E-state index in [4.69, 9.17) is 26.4 Å². The first-order valence-corrected chi connectivity index (χ1v) is 10.1. The predicted octanol–water partition coefficient (Wildman–Crippen LogP) is 4.37. The van der Waals surface area contributed by atoms with Gasteiger partial charge in [0, 0.05) is 12.1 Å². The summed E-state index contributed by atoms with van der Waals surface area (Å²) in [4.78, 5) is 14.6. The van der Waals surface area contributed by atoms with Crippen LogP contribution in [0.5, 0.6) is 17.2 Å². The largest absolute Gasteiger partial charge is 0.493 e. The van der Waals surface area contributed by atoms with Gasteiger partial charge in [-0.3, -0.25) is 9.69 Å². The molecule has 1 aliphatic rings. The molecule has 0 saturated carbocycles. The van der Waals surface area contributed by atoms with Crippen molar-refractivity contribution in [2.45, 2.75) is 6.92 Å². The van der Waals surface area contributed by atoms with Crippen LogP contribution in [0.1, 0.15) is 12.5 Å². The monoisotopic (exact) mass is 415 g/mol. The molecule has 2 aromatic rings. The number of ether oxygens (including phenoxy) is 3. The smallest absolute Gasteiger partial charge is 0.266 e. The number of carbonyl (C=O) groups is 1. The molecule has 3 rings (SSSR count). The van der Waals surface area contributed by atoms with Crippen LogP contribution in [0.25, 0.3) is 6.08 Å². The van der Waals surface area contributed by atoms with Gasteiger partial charge in [0.05, 0.1) is 12.0 Å². The molecule has 1 amide bonds. The van der Waals surface area contributed by atoms with Crippen LogP contribution in [0, 0.1) is 0 Å². The second-order valence-corrected chi connectivity index (χ2v) is 7.49. The second-order valence-electron chi connectivity index (χ2n) is 5.81. The fraction of sp³-hybridized carbons (Fsp3) is 0.238. The topological polar surface area (TPSA) is 48.0 Å². The Morgan fingerprint density at radius 3 is 2.25 bits per heavy atom. The number of methoxy groups -OCH3 is 1. The summed E-state index contributed by atoms with van der Waals surface area (Å²) in [5.74, 6) is 1.98. The van der Waals surface area contributed by atoms with Crippen LogP contribution in [-0.4, -0.2) is 42.0 Å². The normalized spacial score (nSPS) is 15.2. The SMILES string of the molecule is CCN1C(=O)C(=Cc2ccccc2OCCOc2ccccc2OC)SC1=S. The van der Waals surface area contributed by atoms with Crippen LogP contribution in [0.15, 0.2) is 53.4 Å². The number of para-hydroxylation sites is 3. The molecule has 0 unspecified atom stereocenters. The Morgan fingerprint density at radius 1 is 1.00 bits per heavy atom. The van der Waals surface area contributed by atoms with Crippen molar-refractivity contribution in [2.75, 3.05) is 26.9 Å². The Kier molecular flexibility index (Phi) is 6.95. The zero-order valence-electron chi connectivity index (χ0n) is 15.7. The lowest BCUT2D eigenvalue weighted by atomic mass is 10.2. The second kappa shape index (κ2) is 9.61. The van der Waals surface area contributed by atoms with Crippen LogP contribution in [0.2, 0.25) is 0 Å². The Bertz CT molecular complexity index is 897. The van der Waals surface area contributed by atoms with Gasteiger partial charge in [-0.2, -0.15) is 0 Å². The van der Waals surface area contributed by atoms with Crippen molar-refractivity contribution in [3.63, 3.8) is 0 Å². The van der Waals surface area contributed by atoms with Gasteiger partial charge in [-0.1, -0.05) is 54.3 Å². The minimum absolute atomic E-state index is 0.0631. The Labute approximate surface area is 174 Å². The van der Waals surface area contributed by atoms with Gasteiger partial charge in [0.2, 0.25) is 0 Å². The lowest BCUT2D eigenvalue weighted by Crippen LogP contribution is -2.27. The van der Waals surface area contributed by atoms with Crippen LogP contribution >= 0.6 is 24.0 Å². The molecule has 0 spiro atoms. The third-order valence-corrected chi connectivity index (χ3v) is 5.44. The third kappa shape index (κ3) is 4.66. The number of rotatable bonds is 8. The molecule has 0 bridgehead atoms. The number of carbonyl (C=O) groups excluding carboxylic acids is 1. The van der Waals surface area contributed by atoms with Gasteiger partial charge in [-0.15, -0.1) is 0 Å². The highest BCUT2D eigenvalue weighted by Gasteiger charge is 2.30. The van der Waals surface area contributed by atoms with E-state index in [2.05, 4.69) is 0 Å². The molecule has 28 heavy (non-hydrogen) atoms. The fourth-order valence-corrected chi connectivity index (χ4v) is 4.06. The van der Waals surface area contributed by atoms with E-state index in [0.29, 0.717) is 46.2 Å². The molecule has 1 aliphatic heterocycles. The number of hydrogen-bond donors (Lipinski definition) is 0. The average Bonchev–Trinajstić information content (AvgIpc) is 2.99. The first-order valence-electron chi connectivity index (χ1n) is 8.87. The number of thiocarbonyl (C=S) groups is 1. The molecular weight excluding hydrogens is 394 g/mol. The van der Waals surface area contributed by atoms with Gasteiger partial charge in [0.15, 0.2) is 11.5 Å². The molecule has 1 saturated heterocycles. The minimum Gasteiger partial charge on any atom is -0.493 e. The van der Waals surface area contributed by atoms with E-state index >= 15 is 0 Å². The molecule has 7 heteroatoms. The van der Waals surface area contributed by atoms with Gasteiger partial charge >= 0.3 is 0 Å². The molecule has 1 heterocycles. The summed E-state index contributed by atoms with van der Waals surface area (Å²) in [6.07, 6.45) is 1.82. The van der Waals surface area contributed by atoms with Crippen molar-refractivity contribution in [3.8, 4) is 17.2 Å². The quantitative estimate of drug-likeness (QED) is 0.362. The predicted molar refractivity (Wildman–Crippen MR) is 116 cm³/mol. The summed E-state index contributed by atoms with van der Waals surface area (Å²) in [6.45, 7) is 3.21. The van der Waals surface area contributed by atoms with Gasteiger partial charge in [-0.25, -0.2) is 0 Å². The maximum Gasteiger partial charge on any atom is 0.266 e. The van der Waals surface area contributed by atoms with Crippen molar-refractivity contribution in [1.82, 2.24) is 4.90 Å². The number of thioether (sulfide) groups is 1. The maximum absolute atomic E-state index is 12.4. The number of hydrogen-bond acceptors (Lipinski definition) is 6. The van der Waals surface area contributed by atoms with Crippen molar-refractivity contribution in [1.29, 1.82) is 0 Å². The Hall–Kier alpha value is -2.51. The van der Waals surface area contributed by atoms with Gasteiger partial charge in [0.25, 0.3) is 5.91 Å². The first-order chi connectivity index (χ1) is 13.6. The highest BCUT2D eigenvalue weighted by molar-refractivity contribution is 8.26. The van der Waals surface area contributed by atoms with Crippen molar-refractivity contribution in [3.05, 3.63) is 59.0 Å². The summed E-state index contributed by atoms with van der Waals surface area (Å²) in [5, 5.41) is 0. The van der Waals surface area contributed by atoms with Crippen molar-refractivity contribution >= 4 is 40.3 Å². The molecule has 0 aromatic heterocycles. The summed E-state index contributed by atoms with van der Waals surface area (Å²) in [5.41, 5.74) is 0.830. The molecule has 146 valence electrons. The zero-order chi connectivity index (χ0) is 19.9. The average molecular weight is 416 g/mol. The summed E-state index contributed by atoms with van der Waals surface area (Å²) >= 11 is 6.58. The third-order valence-electron chi connectivity index (χ3n) is 4.06. The van der Waals surface area contributed by atoms with E-state index in [-0.39, 0.29) is 5.91 Å². The molecule has 0 atom stereocenters. The van der Waals surface area contributed by atoms with Gasteiger partial charge in [-0.05, 0) is 31.2 Å².